The quantitative estimate of drug-likeness (QED) is 0.749. The summed E-state index contributed by atoms with van der Waals surface area (Å²) in [5.41, 5.74) is 3.16. The Morgan fingerprint density at radius 3 is 2.47 bits per heavy atom. The molecule has 0 unspecified atom stereocenters. The zero-order chi connectivity index (χ0) is 21.7. The maximum atomic E-state index is 12.8. The third-order valence-corrected chi connectivity index (χ3v) is 5.63. The van der Waals surface area contributed by atoms with Crippen molar-refractivity contribution in [2.75, 3.05) is 35.8 Å². The minimum absolute atomic E-state index is 0.0167. The van der Waals surface area contributed by atoms with Crippen LogP contribution in [0.5, 0.6) is 0 Å². The van der Waals surface area contributed by atoms with Crippen LogP contribution in [0, 0.1) is 13.8 Å². The lowest BCUT2D eigenvalue weighted by atomic mass is 9.91. The molecule has 1 aromatic carbocycles. The number of aromatic nitrogens is 2. The Morgan fingerprint density at radius 1 is 1.13 bits per heavy atom. The zero-order valence-electron chi connectivity index (χ0n) is 18.8. The summed E-state index contributed by atoms with van der Waals surface area (Å²) in [4.78, 5) is 25.7. The maximum Gasteiger partial charge on any atom is 0.322 e. The van der Waals surface area contributed by atoms with E-state index in [1.165, 1.54) is 0 Å². The zero-order valence-corrected chi connectivity index (χ0v) is 18.8. The van der Waals surface area contributed by atoms with Gasteiger partial charge in [-0.25, -0.2) is 9.78 Å². The van der Waals surface area contributed by atoms with E-state index in [-0.39, 0.29) is 12.1 Å². The van der Waals surface area contributed by atoms with E-state index in [4.69, 9.17) is 0 Å². The largest absolute Gasteiger partial charge is 0.362 e. The molecule has 0 radical (unpaired) electrons. The molecular weight excluding hydrogens is 376 g/mol. The van der Waals surface area contributed by atoms with Gasteiger partial charge in [-0.1, -0.05) is 12.1 Å². The molecule has 1 aliphatic rings. The lowest BCUT2D eigenvalue weighted by molar-refractivity contribution is 0.237. The Hall–Kier alpha value is -2.83. The Labute approximate surface area is 179 Å². The van der Waals surface area contributed by atoms with Gasteiger partial charge in [-0.15, -0.1) is 0 Å². The fraction of sp³-hybridized carbons (Fsp3) is 0.522. The van der Waals surface area contributed by atoms with E-state index in [9.17, 15) is 4.79 Å². The first kappa shape index (κ1) is 21.9. The van der Waals surface area contributed by atoms with Crippen molar-refractivity contribution < 1.29 is 4.79 Å². The Bertz CT molecular complexity index is 861. The molecule has 1 heterocycles. The SMILES string of the molecule is CCN(C(=O)N[C@H]1CC[C@@H](Nc2ncc(C)c(N(C)C)n2)CC1)c1cccc(C)c1. The molecule has 1 saturated carbocycles. The van der Waals surface area contributed by atoms with Crippen molar-refractivity contribution in [1.29, 1.82) is 0 Å². The second kappa shape index (κ2) is 9.78. The van der Waals surface area contributed by atoms with Crippen molar-refractivity contribution in [2.24, 2.45) is 0 Å². The maximum absolute atomic E-state index is 12.8. The van der Waals surface area contributed by atoms with Crippen LogP contribution in [-0.2, 0) is 0 Å². The average molecular weight is 411 g/mol. The van der Waals surface area contributed by atoms with Crippen LogP contribution in [0.3, 0.4) is 0 Å². The second-order valence-electron chi connectivity index (χ2n) is 8.32. The number of carbonyl (C=O) groups excluding carboxylic acids is 1. The van der Waals surface area contributed by atoms with Gasteiger partial charge in [0.25, 0.3) is 0 Å². The standard InChI is InChI=1S/C23H34N6O/c1-6-29(20-9-7-8-16(2)14-20)23(30)26-19-12-10-18(11-13-19)25-22-24-15-17(3)21(27-22)28(4)5/h7-9,14-15,18-19H,6,10-13H2,1-5H3,(H,26,30)(H,24,25,27)/t18-,19+. The number of aryl methyl sites for hydroxylation is 2. The predicted octanol–water partition coefficient (Wildman–Crippen LogP) is 4.12. The molecule has 2 amide bonds. The third kappa shape index (κ3) is 5.40. The van der Waals surface area contributed by atoms with Gasteiger partial charge in [0.05, 0.1) is 0 Å². The highest BCUT2D eigenvalue weighted by molar-refractivity contribution is 5.92. The first-order chi connectivity index (χ1) is 14.4. The molecule has 2 N–H and O–H groups in total. The van der Waals surface area contributed by atoms with Crippen LogP contribution >= 0.6 is 0 Å². The molecule has 30 heavy (non-hydrogen) atoms. The molecule has 0 bridgehead atoms. The molecule has 7 heteroatoms. The predicted molar refractivity (Wildman–Crippen MR) is 123 cm³/mol. The van der Waals surface area contributed by atoms with Crippen LogP contribution in [-0.4, -0.2) is 48.7 Å². The number of carbonyl (C=O) groups is 1. The van der Waals surface area contributed by atoms with Crippen molar-refractivity contribution in [1.82, 2.24) is 15.3 Å². The van der Waals surface area contributed by atoms with Crippen LogP contribution in [0.2, 0.25) is 0 Å². The molecule has 7 nitrogen and oxygen atoms in total. The molecule has 0 atom stereocenters. The number of nitrogens with one attached hydrogen (secondary N) is 2. The number of anilines is 3. The highest BCUT2D eigenvalue weighted by Gasteiger charge is 2.25. The summed E-state index contributed by atoms with van der Waals surface area (Å²) in [5.74, 6) is 1.61. The van der Waals surface area contributed by atoms with E-state index in [0.717, 1.165) is 48.3 Å². The average Bonchev–Trinajstić information content (AvgIpc) is 2.71. The number of hydrogen-bond acceptors (Lipinski definition) is 5. The van der Waals surface area contributed by atoms with E-state index in [1.807, 2.05) is 70.2 Å². The van der Waals surface area contributed by atoms with Crippen molar-refractivity contribution >= 4 is 23.5 Å². The van der Waals surface area contributed by atoms with Gasteiger partial charge < -0.3 is 15.5 Å². The Kier molecular flexibility index (Phi) is 7.13. The number of amides is 2. The van der Waals surface area contributed by atoms with Crippen LogP contribution in [0.15, 0.2) is 30.5 Å². The fourth-order valence-corrected chi connectivity index (χ4v) is 4.01. The summed E-state index contributed by atoms with van der Waals surface area (Å²) < 4.78 is 0. The lowest BCUT2D eigenvalue weighted by Gasteiger charge is -2.31. The minimum atomic E-state index is -0.0167. The number of rotatable bonds is 6. The molecule has 1 fully saturated rings. The molecule has 1 aliphatic carbocycles. The van der Waals surface area contributed by atoms with Crippen LogP contribution < -0.4 is 20.4 Å². The van der Waals surface area contributed by atoms with Gasteiger partial charge in [0.2, 0.25) is 5.95 Å². The van der Waals surface area contributed by atoms with Gasteiger partial charge in [0.1, 0.15) is 5.82 Å². The van der Waals surface area contributed by atoms with Crippen molar-refractivity contribution in [2.45, 2.75) is 58.5 Å². The molecular formula is C23H34N6O. The molecule has 2 aromatic rings. The number of nitrogens with zero attached hydrogens (tertiary/aromatic N) is 4. The van der Waals surface area contributed by atoms with Gasteiger partial charge in [-0.3, -0.25) is 4.90 Å². The summed E-state index contributed by atoms with van der Waals surface area (Å²) in [6, 6.07) is 8.58. The lowest BCUT2D eigenvalue weighted by Crippen LogP contribution is -2.47. The fourth-order valence-electron chi connectivity index (χ4n) is 4.01. The van der Waals surface area contributed by atoms with Crippen molar-refractivity contribution in [3.05, 3.63) is 41.6 Å². The molecule has 0 saturated heterocycles. The molecule has 0 spiro atoms. The van der Waals surface area contributed by atoms with Gasteiger partial charge in [0, 0.05) is 50.2 Å². The van der Waals surface area contributed by atoms with Crippen LogP contribution in [0.4, 0.5) is 22.2 Å². The third-order valence-electron chi connectivity index (χ3n) is 5.63. The van der Waals surface area contributed by atoms with E-state index < -0.39 is 0 Å². The normalized spacial score (nSPS) is 18.6. The summed E-state index contributed by atoms with van der Waals surface area (Å²) >= 11 is 0. The summed E-state index contributed by atoms with van der Waals surface area (Å²) in [7, 11) is 3.98. The van der Waals surface area contributed by atoms with E-state index in [1.54, 1.807) is 4.90 Å². The molecule has 1 aromatic heterocycles. The van der Waals surface area contributed by atoms with Gasteiger partial charge in [0.15, 0.2) is 0 Å². The second-order valence-corrected chi connectivity index (χ2v) is 8.32. The number of hydrogen-bond donors (Lipinski definition) is 2. The van der Waals surface area contributed by atoms with Crippen LogP contribution in [0.1, 0.15) is 43.7 Å². The summed E-state index contributed by atoms with van der Waals surface area (Å²) in [6.07, 6.45) is 5.72. The first-order valence-electron chi connectivity index (χ1n) is 10.8. The molecule has 162 valence electrons. The molecule has 0 aliphatic heterocycles. The van der Waals surface area contributed by atoms with Gasteiger partial charge in [-0.05, 0) is 64.2 Å². The molecule has 3 rings (SSSR count). The summed E-state index contributed by atoms with van der Waals surface area (Å²) in [5, 5.41) is 6.70. The summed E-state index contributed by atoms with van der Waals surface area (Å²) in [6.45, 7) is 6.71. The van der Waals surface area contributed by atoms with Crippen LogP contribution in [0.25, 0.3) is 0 Å². The van der Waals surface area contributed by atoms with E-state index in [0.29, 0.717) is 18.5 Å². The van der Waals surface area contributed by atoms with Crippen molar-refractivity contribution in [3.63, 3.8) is 0 Å². The smallest absolute Gasteiger partial charge is 0.322 e. The van der Waals surface area contributed by atoms with Gasteiger partial charge in [-0.2, -0.15) is 4.98 Å². The van der Waals surface area contributed by atoms with Gasteiger partial charge >= 0.3 is 6.03 Å². The topological polar surface area (TPSA) is 73.4 Å². The van der Waals surface area contributed by atoms with E-state index in [2.05, 4.69) is 20.6 Å². The van der Waals surface area contributed by atoms with Crippen molar-refractivity contribution in [3.8, 4) is 0 Å². The number of benzene rings is 1. The Morgan fingerprint density at radius 2 is 1.83 bits per heavy atom. The highest BCUT2D eigenvalue weighted by atomic mass is 16.2. The highest BCUT2D eigenvalue weighted by Crippen LogP contribution is 2.23. The number of urea groups is 1. The first-order valence-corrected chi connectivity index (χ1v) is 10.8. The monoisotopic (exact) mass is 410 g/mol. The Balaban J connectivity index is 1.53. The minimum Gasteiger partial charge on any atom is -0.362 e. The van der Waals surface area contributed by atoms with E-state index >= 15 is 0 Å².